The molecule has 4 heteroatoms. The molecule has 2 nitrogen and oxygen atoms in total. The quantitative estimate of drug-likeness (QED) is 0.821. The fourth-order valence-electron chi connectivity index (χ4n) is 1.05. The van der Waals surface area contributed by atoms with Crippen molar-refractivity contribution in [3.8, 4) is 0 Å². The molecule has 1 aromatic rings. The molecule has 15 heavy (non-hydrogen) atoms. The number of para-hydroxylation sites is 1. The van der Waals surface area contributed by atoms with E-state index in [0.717, 1.165) is 12.1 Å². The first kappa shape index (κ1) is 11.6. The van der Waals surface area contributed by atoms with Gasteiger partial charge in [0.2, 0.25) is 5.91 Å². The van der Waals surface area contributed by atoms with E-state index in [1.54, 1.807) is 6.92 Å². The van der Waals surface area contributed by atoms with Gasteiger partial charge in [-0.1, -0.05) is 19.9 Å². The van der Waals surface area contributed by atoms with Gasteiger partial charge in [0.05, 0.1) is 0 Å². The Kier molecular flexibility index (Phi) is 3.77. The highest BCUT2D eigenvalue weighted by Crippen LogP contribution is 2.19. The van der Waals surface area contributed by atoms with Gasteiger partial charge in [0.15, 0.2) is 0 Å². The molecule has 82 valence electrons. The largest absolute Gasteiger partial charge is 0.321 e. The van der Waals surface area contributed by atoms with Crippen molar-refractivity contribution >= 4 is 11.6 Å². The predicted octanol–water partition coefficient (Wildman–Crippen LogP) is 2.95. The van der Waals surface area contributed by atoms with E-state index >= 15 is 0 Å². The zero-order valence-electron chi connectivity index (χ0n) is 8.68. The molecule has 1 atom stereocenters. The van der Waals surface area contributed by atoms with Crippen LogP contribution >= 0.6 is 0 Å². The smallest absolute Gasteiger partial charge is 0.227 e. The van der Waals surface area contributed by atoms with Crippen molar-refractivity contribution in [3.63, 3.8) is 0 Å². The Labute approximate surface area is 87.3 Å². The van der Waals surface area contributed by atoms with E-state index < -0.39 is 11.6 Å². The summed E-state index contributed by atoms with van der Waals surface area (Å²) in [6.07, 6.45) is 0.627. The van der Waals surface area contributed by atoms with Crippen LogP contribution in [-0.2, 0) is 4.79 Å². The Bertz CT molecular complexity index is 345. The van der Waals surface area contributed by atoms with Crippen LogP contribution in [0.15, 0.2) is 18.2 Å². The van der Waals surface area contributed by atoms with E-state index in [1.165, 1.54) is 6.07 Å². The second-order valence-corrected chi connectivity index (χ2v) is 3.40. The summed E-state index contributed by atoms with van der Waals surface area (Å²) in [4.78, 5) is 11.4. The van der Waals surface area contributed by atoms with Crippen molar-refractivity contribution in [2.45, 2.75) is 20.3 Å². The second-order valence-electron chi connectivity index (χ2n) is 3.40. The van der Waals surface area contributed by atoms with E-state index in [2.05, 4.69) is 5.32 Å². The average Bonchev–Trinajstić information content (AvgIpc) is 2.22. The molecule has 0 aliphatic carbocycles. The molecule has 0 aliphatic rings. The van der Waals surface area contributed by atoms with E-state index in [4.69, 9.17) is 0 Å². The van der Waals surface area contributed by atoms with Gasteiger partial charge in [0, 0.05) is 5.92 Å². The Morgan fingerprint density at radius 1 is 1.40 bits per heavy atom. The van der Waals surface area contributed by atoms with E-state index in [1.807, 2.05) is 6.92 Å². The number of benzene rings is 1. The first-order chi connectivity index (χ1) is 7.06. The average molecular weight is 213 g/mol. The Hall–Kier alpha value is -1.45. The van der Waals surface area contributed by atoms with Crippen LogP contribution in [0.5, 0.6) is 0 Å². The number of hydrogen-bond acceptors (Lipinski definition) is 1. The summed E-state index contributed by atoms with van der Waals surface area (Å²) in [7, 11) is 0. The highest BCUT2D eigenvalue weighted by Gasteiger charge is 2.15. The van der Waals surface area contributed by atoms with Gasteiger partial charge >= 0.3 is 0 Å². The van der Waals surface area contributed by atoms with Crippen LogP contribution in [0.3, 0.4) is 0 Å². The molecular weight excluding hydrogens is 200 g/mol. The maximum absolute atomic E-state index is 13.1. The molecule has 0 heterocycles. The topological polar surface area (TPSA) is 29.1 Å². The van der Waals surface area contributed by atoms with Crippen LogP contribution < -0.4 is 5.32 Å². The highest BCUT2D eigenvalue weighted by molar-refractivity contribution is 5.92. The Balaban J connectivity index is 2.85. The summed E-state index contributed by atoms with van der Waals surface area (Å²) in [5.74, 6) is -2.15. The minimum Gasteiger partial charge on any atom is -0.321 e. The van der Waals surface area contributed by atoms with Crippen molar-refractivity contribution in [2.75, 3.05) is 5.32 Å². The fraction of sp³-hybridized carbons (Fsp3) is 0.364. The summed E-state index contributed by atoms with van der Waals surface area (Å²) in [6, 6.07) is 3.47. The standard InChI is InChI=1S/C11H13F2NO/c1-3-7(2)11(15)14-10-8(12)5-4-6-9(10)13/h4-7H,3H2,1-2H3,(H,14,15). The molecule has 1 N–H and O–H groups in total. The van der Waals surface area contributed by atoms with E-state index in [9.17, 15) is 13.6 Å². The zero-order chi connectivity index (χ0) is 11.4. The Morgan fingerprint density at radius 2 is 1.93 bits per heavy atom. The third-order valence-electron chi connectivity index (χ3n) is 2.27. The van der Waals surface area contributed by atoms with Gasteiger partial charge in [0.25, 0.3) is 0 Å². The number of amides is 1. The number of anilines is 1. The minimum atomic E-state index is -0.758. The number of nitrogens with one attached hydrogen (secondary N) is 1. The molecule has 0 aromatic heterocycles. The van der Waals surface area contributed by atoms with Crippen molar-refractivity contribution in [2.24, 2.45) is 5.92 Å². The summed E-state index contributed by atoms with van der Waals surface area (Å²) in [6.45, 7) is 3.54. The third-order valence-corrected chi connectivity index (χ3v) is 2.27. The number of carbonyl (C=O) groups is 1. The van der Waals surface area contributed by atoms with Gasteiger partial charge in [-0.05, 0) is 18.6 Å². The third kappa shape index (κ3) is 2.75. The molecule has 0 aliphatic heterocycles. The SMILES string of the molecule is CCC(C)C(=O)Nc1c(F)cccc1F. The molecule has 0 spiro atoms. The number of hydrogen-bond donors (Lipinski definition) is 1. The van der Waals surface area contributed by atoms with Crippen LogP contribution in [0.2, 0.25) is 0 Å². The molecule has 1 aromatic carbocycles. The molecule has 0 saturated carbocycles. The molecular formula is C11H13F2NO. The van der Waals surface area contributed by atoms with E-state index in [0.29, 0.717) is 6.42 Å². The summed E-state index contributed by atoms with van der Waals surface area (Å²) in [5.41, 5.74) is -0.372. The second kappa shape index (κ2) is 4.87. The van der Waals surface area contributed by atoms with Crippen molar-refractivity contribution in [1.29, 1.82) is 0 Å². The number of carbonyl (C=O) groups excluding carboxylic acids is 1. The monoisotopic (exact) mass is 213 g/mol. The van der Waals surface area contributed by atoms with Crippen molar-refractivity contribution in [1.82, 2.24) is 0 Å². The van der Waals surface area contributed by atoms with Crippen LogP contribution in [0.25, 0.3) is 0 Å². The molecule has 1 unspecified atom stereocenters. The van der Waals surface area contributed by atoms with Gasteiger partial charge < -0.3 is 5.32 Å². The molecule has 0 fully saturated rings. The lowest BCUT2D eigenvalue weighted by Gasteiger charge is -2.11. The lowest BCUT2D eigenvalue weighted by Crippen LogP contribution is -2.21. The molecule has 1 amide bonds. The lowest BCUT2D eigenvalue weighted by molar-refractivity contribution is -0.119. The maximum Gasteiger partial charge on any atom is 0.227 e. The van der Waals surface area contributed by atoms with Crippen LogP contribution in [0, 0.1) is 17.6 Å². The van der Waals surface area contributed by atoms with Crippen LogP contribution in [0.1, 0.15) is 20.3 Å². The van der Waals surface area contributed by atoms with Gasteiger partial charge in [-0.25, -0.2) is 8.78 Å². The summed E-state index contributed by atoms with van der Waals surface area (Å²) < 4.78 is 26.2. The maximum atomic E-state index is 13.1. The fourth-order valence-corrected chi connectivity index (χ4v) is 1.05. The number of halogens is 2. The highest BCUT2D eigenvalue weighted by atomic mass is 19.1. The lowest BCUT2D eigenvalue weighted by atomic mass is 10.1. The number of rotatable bonds is 3. The summed E-state index contributed by atoms with van der Waals surface area (Å²) >= 11 is 0. The normalized spacial score (nSPS) is 12.3. The van der Waals surface area contributed by atoms with Crippen molar-refractivity contribution in [3.05, 3.63) is 29.8 Å². The first-order valence-electron chi connectivity index (χ1n) is 4.81. The molecule has 1 rings (SSSR count). The minimum absolute atomic E-state index is 0.260. The predicted molar refractivity (Wildman–Crippen MR) is 54.4 cm³/mol. The first-order valence-corrected chi connectivity index (χ1v) is 4.81. The van der Waals surface area contributed by atoms with Gasteiger partial charge in [-0.15, -0.1) is 0 Å². The van der Waals surface area contributed by atoms with Crippen LogP contribution in [-0.4, -0.2) is 5.91 Å². The zero-order valence-corrected chi connectivity index (χ0v) is 8.68. The van der Waals surface area contributed by atoms with Gasteiger partial charge in [-0.3, -0.25) is 4.79 Å². The molecule has 0 radical (unpaired) electrons. The molecule has 0 bridgehead atoms. The van der Waals surface area contributed by atoms with Gasteiger partial charge in [-0.2, -0.15) is 0 Å². The molecule has 0 saturated heterocycles. The van der Waals surface area contributed by atoms with Crippen molar-refractivity contribution < 1.29 is 13.6 Å². The van der Waals surface area contributed by atoms with E-state index in [-0.39, 0.29) is 17.5 Å². The van der Waals surface area contributed by atoms with Crippen LogP contribution in [0.4, 0.5) is 14.5 Å². The Morgan fingerprint density at radius 3 is 2.40 bits per heavy atom. The van der Waals surface area contributed by atoms with Gasteiger partial charge in [0.1, 0.15) is 17.3 Å². The summed E-state index contributed by atoms with van der Waals surface area (Å²) in [5, 5.41) is 2.24.